The summed E-state index contributed by atoms with van der Waals surface area (Å²) in [6.07, 6.45) is -0.125. The molecule has 2 amide bonds. The number of aryl methyl sites for hydroxylation is 1. The van der Waals surface area contributed by atoms with Crippen molar-refractivity contribution in [3.63, 3.8) is 0 Å². The van der Waals surface area contributed by atoms with Gasteiger partial charge in [-0.1, -0.05) is 13.3 Å². The highest BCUT2D eigenvalue weighted by Gasteiger charge is 2.38. The van der Waals surface area contributed by atoms with Gasteiger partial charge in [0, 0.05) is 37.1 Å². The molecule has 2 aromatic heterocycles. The molecule has 0 spiro atoms. The van der Waals surface area contributed by atoms with Gasteiger partial charge in [-0.15, -0.1) is 0 Å². The Kier molecular flexibility index (Phi) is 5.48. The van der Waals surface area contributed by atoms with Crippen molar-refractivity contribution in [2.75, 3.05) is 19.6 Å². The van der Waals surface area contributed by atoms with Crippen LogP contribution in [0.15, 0.2) is 23.5 Å². The van der Waals surface area contributed by atoms with Gasteiger partial charge in [-0.3, -0.25) is 4.57 Å². The molecule has 0 bridgehead atoms. The van der Waals surface area contributed by atoms with Crippen molar-refractivity contribution in [2.45, 2.75) is 32.4 Å². The molecule has 28 heavy (non-hydrogen) atoms. The number of rotatable bonds is 5. The number of aromatic nitrogens is 3. The first kappa shape index (κ1) is 20.0. The number of urea groups is 1. The Morgan fingerprint density at radius 1 is 1.46 bits per heavy atom. The van der Waals surface area contributed by atoms with Gasteiger partial charge in [0.1, 0.15) is 12.4 Å². The Morgan fingerprint density at radius 3 is 2.86 bits per heavy atom. The van der Waals surface area contributed by atoms with E-state index in [-0.39, 0.29) is 11.8 Å². The number of H-pyrrole nitrogens is 1. The number of nitrogens with zero attached hydrogens (tertiary/aromatic N) is 4. The van der Waals surface area contributed by atoms with Gasteiger partial charge in [0.05, 0.1) is 5.69 Å². The number of carbonyl (C=O) groups is 1. The summed E-state index contributed by atoms with van der Waals surface area (Å²) in [5.41, 5.74) is 1.70. The molecule has 2 N–H and O–H groups in total. The number of imidazole rings is 1. The van der Waals surface area contributed by atoms with Gasteiger partial charge in [-0.05, 0) is 25.6 Å². The molecule has 2 aromatic rings. The fourth-order valence-corrected chi connectivity index (χ4v) is 3.77. The van der Waals surface area contributed by atoms with E-state index in [0.717, 1.165) is 23.6 Å². The molecule has 0 aliphatic carbocycles. The molecule has 0 unspecified atom stereocenters. The summed E-state index contributed by atoms with van der Waals surface area (Å²) in [6, 6.07) is 1.17. The molecule has 152 valence electrons. The van der Waals surface area contributed by atoms with Gasteiger partial charge in [0.2, 0.25) is 0 Å². The lowest BCUT2D eigenvalue weighted by molar-refractivity contribution is -0.123. The topological polar surface area (TPSA) is 78.3 Å². The zero-order valence-corrected chi connectivity index (χ0v) is 15.8. The molecule has 7 nitrogen and oxygen atoms in total. The van der Waals surface area contributed by atoms with Crippen LogP contribution in [0.3, 0.4) is 0 Å². The van der Waals surface area contributed by atoms with Crippen LogP contribution in [-0.4, -0.2) is 58.0 Å². The minimum Gasteiger partial charge on any atom is -0.345 e. The maximum absolute atomic E-state index is 12.4. The van der Waals surface area contributed by atoms with Crippen molar-refractivity contribution in [1.29, 1.82) is 0 Å². The smallest absolute Gasteiger partial charge is 0.345 e. The lowest BCUT2D eigenvalue weighted by Gasteiger charge is -2.19. The monoisotopic (exact) mass is 396 g/mol. The Hall–Kier alpha value is -2.78. The highest BCUT2D eigenvalue weighted by molar-refractivity contribution is 5.74. The lowest BCUT2D eigenvalue weighted by atomic mass is 9.91. The average molecular weight is 396 g/mol. The SMILES string of the molecule is C=Nc1[nH]ccc1-n1c([C@H]2CN(C(=O)NCC(F)(F)F)C[C@H]2CC)cnc1C. The van der Waals surface area contributed by atoms with Gasteiger partial charge < -0.3 is 15.2 Å². The Labute approximate surface area is 160 Å². The van der Waals surface area contributed by atoms with Crippen LogP contribution in [0.1, 0.15) is 30.8 Å². The van der Waals surface area contributed by atoms with E-state index in [2.05, 4.69) is 21.7 Å². The van der Waals surface area contributed by atoms with E-state index in [0.29, 0.717) is 18.9 Å². The van der Waals surface area contributed by atoms with E-state index in [4.69, 9.17) is 0 Å². The van der Waals surface area contributed by atoms with E-state index in [1.54, 1.807) is 12.4 Å². The molecule has 1 aliphatic heterocycles. The number of alkyl halides is 3. The van der Waals surface area contributed by atoms with Crippen LogP contribution in [0.2, 0.25) is 0 Å². The van der Waals surface area contributed by atoms with Crippen LogP contribution in [-0.2, 0) is 0 Å². The minimum absolute atomic E-state index is 0.0459. The molecule has 0 aromatic carbocycles. The first-order chi connectivity index (χ1) is 13.2. The fraction of sp³-hybridized carbons (Fsp3) is 0.500. The quantitative estimate of drug-likeness (QED) is 0.759. The van der Waals surface area contributed by atoms with Gasteiger partial charge in [0.15, 0.2) is 5.82 Å². The first-order valence-electron chi connectivity index (χ1n) is 9.03. The van der Waals surface area contributed by atoms with Crippen LogP contribution in [0.25, 0.3) is 5.69 Å². The van der Waals surface area contributed by atoms with Gasteiger partial charge in [-0.2, -0.15) is 13.2 Å². The summed E-state index contributed by atoms with van der Waals surface area (Å²) in [4.78, 5) is 25.1. The first-order valence-corrected chi connectivity index (χ1v) is 9.03. The number of halogens is 3. The number of amides is 2. The molecule has 1 aliphatic rings. The molecule has 10 heteroatoms. The Bertz CT molecular complexity index is 856. The van der Waals surface area contributed by atoms with Gasteiger partial charge in [-0.25, -0.2) is 14.8 Å². The predicted octanol–water partition coefficient (Wildman–Crippen LogP) is 3.54. The van der Waals surface area contributed by atoms with Crippen LogP contribution in [0.4, 0.5) is 23.8 Å². The number of hydrogen-bond donors (Lipinski definition) is 2. The standard InChI is InChI=1S/C18H23F3N6O/c1-4-12-8-26(17(28)25-10-18(19,20)21)9-13(12)15-7-24-11(2)27(15)14-5-6-23-16(14)22-3/h5-7,12-13,23H,3-4,8-10H2,1-2H3,(H,25,28)/t12-,13+/m1/s1. The van der Waals surface area contributed by atoms with Gasteiger partial charge >= 0.3 is 12.2 Å². The third-order valence-electron chi connectivity index (χ3n) is 5.14. The van der Waals surface area contributed by atoms with E-state index >= 15 is 0 Å². The zero-order valence-electron chi connectivity index (χ0n) is 15.8. The highest BCUT2D eigenvalue weighted by Crippen LogP contribution is 2.37. The second kappa shape index (κ2) is 7.69. The van der Waals surface area contributed by atoms with E-state index in [1.165, 1.54) is 4.90 Å². The van der Waals surface area contributed by atoms with Crippen LogP contribution < -0.4 is 5.32 Å². The molecular weight excluding hydrogens is 373 g/mol. The third-order valence-corrected chi connectivity index (χ3v) is 5.14. The van der Waals surface area contributed by atoms with Crippen LogP contribution >= 0.6 is 0 Å². The van der Waals surface area contributed by atoms with Crippen molar-refractivity contribution < 1.29 is 18.0 Å². The van der Waals surface area contributed by atoms with E-state index < -0.39 is 18.8 Å². The number of likely N-dealkylation sites (tertiary alicyclic amines) is 1. The summed E-state index contributed by atoms with van der Waals surface area (Å²) in [7, 11) is 0. The molecular formula is C18H23F3N6O. The maximum atomic E-state index is 12.4. The van der Waals surface area contributed by atoms with Crippen LogP contribution in [0.5, 0.6) is 0 Å². The van der Waals surface area contributed by atoms with Crippen molar-refractivity contribution >= 4 is 18.6 Å². The molecule has 2 atom stereocenters. The van der Waals surface area contributed by atoms with Crippen molar-refractivity contribution in [2.24, 2.45) is 10.9 Å². The number of hydrogen-bond acceptors (Lipinski definition) is 3. The minimum atomic E-state index is -4.43. The summed E-state index contributed by atoms with van der Waals surface area (Å²) >= 11 is 0. The van der Waals surface area contributed by atoms with Crippen molar-refractivity contribution in [3.05, 3.63) is 30.0 Å². The molecule has 3 heterocycles. The summed E-state index contributed by atoms with van der Waals surface area (Å²) in [6.45, 7) is 6.84. The second-order valence-electron chi connectivity index (χ2n) is 6.89. The third kappa shape index (κ3) is 3.90. The molecule has 1 fully saturated rings. The highest BCUT2D eigenvalue weighted by atomic mass is 19.4. The summed E-state index contributed by atoms with van der Waals surface area (Å²) in [5, 5.41) is 1.96. The Morgan fingerprint density at radius 2 is 2.21 bits per heavy atom. The van der Waals surface area contributed by atoms with Crippen molar-refractivity contribution in [3.8, 4) is 5.69 Å². The Balaban J connectivity index is 1.86. The molecule has 3 rings (SSSR count). The fourth-order valence-electron chi connectivity index (χ4n) is 3.77. The maximum Gasteiger partial charge on any atom is 0.405 e. The molecule has 0 saturated carbocycles. The van der Waals surface area contributed by atoms with Crippen molar-refractivity contribution in [1.82, 2.24) is 24.8 Å². The lowest BCUT2D eigenvalue weighted by Crippen LogP contribution is -2.42. The number of aromatic amines is 1. The summed E-state index contributed by atoms with van der Waals surface area (Å²) < 4.78 is 39.2. The number of aliphatic imine (C=N–C) groups is 1. The molecule has 0 radical (unpaired) electrons. The average Bonchev–Trinajstić information content (AvgIpc) is 3.35. The van der Waals surface area contributed by atoms with E-state index in [9.17, 15) is 18.0 Å². The normalized spacial score (nSPS) is 19.8. The second-order valence-corrected chi connectivity index (χ2v) is 6.89. The number of carbonyl (C=O) groups excluding carboxylic acids is 1. The zero-order chi connectivity index (χ0) is 20.5. The predicted molar refractivity (Wildman–Crippen MR) is 99.4 cm³/mol. The molecule has 1 saturated heterocycles. The van der Waals surface area contributed by atoms with Crippen LogP contribution in [0, 0.1) is 12.8 Å². The summed E-state index contributed by atoms with van der Waals surface area (Å²) in [5.74, 6) is 1.43. The van der Waals surface area contributed by atoms with E-state index in [1.807, 2.05) is 29.8 Å². The van der Waals surface area contributed by atoms with Gasteiger partial charge in [0.25, 0.3) is 0 Å². The largest absolute Gasteiger partial charge is 0.405 e. The number of nitrogens with one attached hydrogen (secondary N) is 2.